The fraction of sp³-hybridized carbons (Fsp3) is 0.261. The smallest absolute Gasteiger partial charge is 0.255 e. The van der Waals surface area contributed by atoms with Crippen LogP contribution in [0.4, 0.5) is 18.9 Å². The number of rotatable bonds is 6. The first-order valence-corrected chi connectivity index (χ1v) is 10.3. The molecule has 2 aromatic carbocycles. The van der Waals surface area contributed by atoms with Gasteiger partial charge in [0.05, 0.1) is 31.9 Å². The number of benzene rings is 2. The monoisotopic (exact) mass is 455 g/mol. The van der Waals surface area contributed by atoms with E-state index in [9.17, 15) is 8.78 Å². The van der Waals surface area contributed by atoms with E-state index in [2.05, 4.69) is 15.2 Å². The van der Waals surface area contributed by atoms with Crippen molar-refractivity contribution in [1.82, 2.24) is 19.7 Å². The summed E-state index contributed by atoms with van der Waals surface area (Å²) in [6.45, 7) is 2.21. The molecule has 0 spiro atoms. The summed E-state index contributed by atoms with van der Waals surface area (Å²) in [6, 6.07) is 7.92. The van der Waals surface area contributed by atoms with Gasteiger partial charge >= 0.3 is 0 Å². The number of imidazole rings is 1. The highest BCUT2D eigenvalue weighted by molar-refractivity contribution is 5.91. The lowest BCUT2D eigenvalue weighted by Gasteiger charge is -2.17. The Morgan fingerprint density at radius 3 is 2.76 bits per heavy atom. The number of hydrogen-bond donors (Lipinski definition) is 0. The average Bonchev–Trinajstić information content (AvgIpc) is 3.41. The molecule has 0 saturated heterocycles. The highest BCUT2D eigenvalue weighted by Crippen LogP contribution is 2.44. The molecule has 10 heteroatoms. The molecule has 1 aliphatic rings. The Kier molecular flexibility index (Phi) is 5.27. The molecule has 1 aliphatic heterocycles. The van der Waals surface area contributed by atoms with Crippen LogP contribution in [0.25, 0.3) is 33.4 Å². The number of fused-ring (bicyclic) bond motifs is 2. The molecule has 0 radical (unpaired) electrons. The van der Waals surface area contributed by atoms with Crippen LogP contribution in [0.15, 0.2) is 42.9 Å². The van der Waals surface area contributed by atoms with Crippen molar-refractivity contribution in [1.29, 1.82) is 0 Å². The Hall–Kier alpha value is -3.82. The van der Waals surface area contributed by atoms with E-state index < -0.39 is 18.8 Å². The Labute approximate surface area is 187 Å². The lowest BCUT2D eigenvalue weighted by Crippen LogP contribution is -2.27. The number of methoxy groups -OCH3 is 1. The first-order valence-electron chi connectivity index (χ1n) is 10.3. The molecular weight excluding hydrogens is 435 g/mol. The zero-order chi connectivity index (χ0) is 23.1. The van der Waals surface area contributed by atoms with Crippen LogP contribution in [-0.2, 0) is 6.54 Å². The third kappa shape index (κ3) is 3.61. The van der Waals surface area contributed by atoms with Crippen molar-refractivity contribution in [3.05, 3.63) is 48.7 Å². The van der Waals surface area contributed by atoms with Crippen LogP contribution in [0.2, 0.25) is 0 Å². The molecule has 0 amide bonds. The van der Waals surface area contributed by atoms with Crippen LogP contribution in [0.1, 0.15) is 6.92 Å². The van der Waals surface area contributed by atoms with E-state index in [1.165, 1.54) is 18.1 Å². The van der Waals surface area contributed by atoms with E-state index in [-0.39, 0.29) is 12.3 Å². The minimum atomic E-state index is -2.51. The predicted octanol–water partition coefficient (Wildman–Crippen LogP) is 4.75. The molecule has 4 aromatic rings. The van der Waals surface area contributed by atoms with E-state index in [4.69, 9.17) is 9.47 Å². The molecule has 0 unspecified atom stereocenters. The standard InChI is InChI=1S/C23H20F3N5O2/c1-3-30-11-27-22-16(9-28-29-23(22)30)13-4-5-17(24)14(6-13)15-7-20-18(8-19(15)32-2)31(12-33-20)10-21(25)26/h4-9,11,21H,3,10,12H2,1-2H3. The lowest BCUT2D eigenvalue weighted by molar-refractivity contribution is 0.150. The highest BCUT2D eigenvalue weighted by atomic mass is 19.3. The Bertz CT molecular complexity index is 1340. The minimum absolute atomic E-state index is 0.00441. The third-order valence-corrected chi connectivity index (χ3v) is 5.67. The van der Waals surface area contributed by atoms with Gasteiger partial charge < -0.3 is 18.9 Å². The van der Waals surface area contributed by atoms with Crippen LogP contribution >= 0.6 is 0 Å². The van der Waals surface area contributed by atoms with E-state index in [1.807, 2.05) is 11.5 Å². The largest absolute Gasteiger partial charge is 0.496 e. The Morgan fingerprint density at radius 1 is 1.15 bits per heavy atom. The van der Waals surface area contributed by atoms with Crippen LogP contribution in [0.5, 0.6) is 11.5 Å². The van der Waals surface area contributed by atoms with Crippen molar-refractivity contribution >= 4 is 16.9 Å². The molecule has 33 heavy (non-hydrogen) atoms. The number of alkyl halides is 2. The Morgan fingerprint density at radius 2 is 2.00 bits per heavy atom. The van der Waals surface area contributed by atoms with Crippen LogP contribution in [-0.4, -0.2) is 46.6 Å². The third-order valence-electron chi connectivity index (χ3n) is 5.67. The van der Waals surface area contributed by atoms with Gasteiger partial charge in [-0.2, -0.15) is 5.10 Å². The van der Waals surface area contributed by atoms with Gasteiger partial charge in [0, 0.05) is 29.3 Å². The fourth-order valence-corrected chi connectivity index (χ4v) is 4.04. The normalized spacial score (nSPS) is 13.0. The Balaban J connectivity index is 1.62. The second-order valence-corrected chi connectivity index (χ2v) is 7.56. The summed E-state index contributed by atoms with van der Waals surface area (Å²) >= 11 is 0. The number of halogens is 3. The summed E-state index contributed by atoms with van der Waals surface area (Å²) in [5.41, 5.74) is 3.94. The molecule has 170 valence electrons. The predicted molar refractivity (Wildman–Crippen MR) is 117 cm³/mol. The fourth-order valence-electron chi connectivity index (χ4n) is 4.04. The lowest BCUT2D eigenvalue weighted by atomic mass is 9.97. The maximum absolute atomic E-state index is 15.0. The molecule has 5 rings (SSSR count). The summed E-state index contributed by atoms with van der Waals surface area (Å²) in [7, 11) is 1.45. The first kappa shape index (κ1) is 21.0. The quantitative estimate of drug-likeness (QED) is 0.418. The summed E-state index contributed by atoms with van der Waals surface area (Å²) < 4.78 is 53.8. The van der Waals surface area contributed by atoms with Gasteiger partial charge in [-0.3, -0.25) is 0 Å². The second-order valence-electron chi connectivity index (χ2n) is 7.56. The van der Waals surface area contributed by atoms with Gasteiger partial charge in [0.2, 0.25) is 0 Å². The maximum atomic E-state index is 15.0. The van der Waals surface area contributed by atoms with Gasteiger partial charge in [0.15, 0.2) is 12.4 Å². The van der Waals surface area contributed by atoms with E-state index in [1.54, 1.807) is 36.8 Å². The molecule has 2 aromatic heterocycles. The SMILES string of the molecule is CCn1cnc2c(-c3ccc(F)c(-c4cc5c(cc4OC)N(CC(F)F)CO5)c3)cnnc21. The van der Waals surface area contributed by atoms with Crippen LogP contribution in [0, 0.1) is 5.82 Å². The zero-order valence-electron chi connectivity index (χ0n) is 17.9. The zero-order valence-corrected chi connectivity index (χ0v) is 17.9. The van der Waals surface area contributed by atoms with Crippen molar-refractivity contribution in [3.8, 4) is 33.8 Å². The van der Waals surface area contributed by atoms with Crippen LogP contribution < -0.4 is 14.4 Å². The molecule has 3 heterocycles. The van der Waals surface area contributed by atoms with Crippen molar-refractivity contribution in [2.24, 2.45) is 0 Å². The summed E-state index contributed by atoms with van der Waals surface area (Å²) in [5, 5.41) is 8.26. The van der Waals surface area contributed by atoms with Crippen molar-refractivity contribution in [3.63, 3.8) is 0 Å². The van der Waals surface area contributed by atoms with E-state index in [0.717, 1.165) is 0 Å². The topological polar surface area (TPSA) is 65.3 Å². The number of aryl methyl sites for hydroxylation is 1. The molecular formula is C23H20F3N5O2. The molecule has 0 aliphatic carbocycles. The van der Waals surface area contributed by atoms with Gasteiger partial charge in [-0.05, 0) is 30.7 Å². The van der Waals surface area contributed by atoms with Gasteiger partial charge in [-0.15, -0.1) is 5.10 Å². The number of nitrogens with zero attached hydrogens (tertiary/aromatic N) is 5. The number of anilines is 1. The molecule has 0 atom stereocenters. The number of aromatic nitrogens is 4. The maximum Gasteiger partial charge on any atom is 0.255 e. The van der Waals surface area contributed by atoms with E-state index >= 15 is 4.39 Å². The number of hydrogen-bond acceptors (Lipinski definition) is 6. The van der Waals surface area contributed by atoms with Crippen molar-refractivity contribution < 1.29 is 22.6 Å². The molecule has 0 bridgehead atoms. The van der Waals surface area contributed by atoms with Gasteiger partial charge in [-0.25, -0.2) is 18.2 Å². The summed E-state index contributed by atoms with van der Waals surface area (Å²) in [4.78, 5) is 5.88. The van der Waals surface area contributed by atoms with Crippen LogP contribution in [0.3, 0.4) is 0 Å². The molecule has 0 saturated carbocycles. The van der Waals surface area contributed by atoms with E-state index in [0.29, 0.717) is 51.6 Å². The van der Waals surface area contributed by atoms with Gasteiger partial charge in [-0.1, -0.05) is 6.07 Å². The van der Waals surface area contributed by atoms with Gasteiger partial charge in [0.25, 0.3) is 6.43 Å². The molecule has 0 fully saturated rings. The molecule has 0 N–H and O–H groups in total. The summed E-state index contributed by atoms with van der Waals surface area (Å²) in [5.74, 6) is 0.283. The minimum Gasteiger partial charge on any atom is -0.496 e. The number of ether oxygens (including phenoxy) is 2. The van der Waals surface area contributed by atoms with Gasteiger partial charge in [0.1, 0.15) is 22.8 Å². The van der Waals surface area contributed by atoms with Crippen molar-refractivity contribution in [2.45, 2.75) is 19.9 Å². The summed E-state index contributed by atoms with van der Waals surface area (Å²) in [6.07, 6.45) is 0.776. The second kappa shape index (κ2) is 8.27. The highest BCUT2D eigenvalue weighted by Gasteiger charge is 2.27. The average molecular weight is 455 g/mol. The first-order chi connectivity index (χ1) is 16.0. The van der Waals surface area contributed by atoms with Crippen molar-refractivity contribution in [2.75, 3.05) is 25.3 Å². The molecule has 7 nitrogen and oxygen atoms in total.